The minimum atomic E-state index is 0.287. The van der Waals surface area contributed by atoms with Crippen molar-refractivity contribution in [2.45, 2.75) is 71.8 Å². The monoisotopic (exact) mass is 367 g/mol. The first-order valence-corrected chi connectivity index (χ1v) is 10.7. The molecule has 0 heterocycles. The molecule has 0 radical (unpaired) electrons. The zero-order valence-corrected chi connectivity index (χ0v) is 17.5. The Morgan fingerprint density at radius 3 is 2.41 bits per heavy atom. The fraction of sp³-hybridized carbons (Fsp3) is 0.520. The first kappa shape index (κ1) is 21.5. The van der Waals surface area contributed by atoms with Gasteiger partial charge in [-0.05, 0) is 50.4 Å². The van der Waals surface area contributed by atoms with Crippen LogP contribution < -0.4 is 10.1 Å². The maximum Gasteiger partial charge on any atom is 0.124 e. The van der Waals surface area contributed by atoms with Crippen LogP contribution in [0, 0.1) is 6.92 Å². The van der Waals surface area contributed by atoms with Crippen molar-refractivity contribution in [2.75, 3.05) is 13.2 Å². The van der Waals surface area contributed by atoms with E-state index in [-0.39, 0.29) is 6.04 Å². The summed E-state index contributed by atoms with van der Waals surface area (Å²) in [6.07, 6.45) is 8.82. The summed E-state index contributed by atoms with van der Waals surface area (Å²) in [4.78, 5) is 0. The lowest BCUT2D eigenvalue weighted by atomic mass is 10.0. The van der Waals surface area contributed by atoms with E-state index >= 15 is 0 Å². The van der Waals surface area contributed by atoms with E-state index in [1.165, 1.54) is 48.8 Å². The summed E-state index contributed by atoms with van der Waals surface area (Å²) < 4.78 is 6.11. The van der Waals surface area contributed by atoms with Crippen molar-refractivity contribution >= 4 is 0 Å². The highest BCUT2D eigenvalue weighted by atomic mass is 16.5. The Balaban J connectivity index is 1.77. The number of rotatable bonds is 13. The molecule has 148 valence electrons. The predicted octanol–water partition coefficient (Wildman–Crippen LogP) is 6.63. The van der Waals surface area contributed by atoms with E-state index in [0.717, 1.165) is 31.7 Å². The molecule has 2 nitrogen and oxygen atoms in total. The van der Waals surface area contributed by atoms with Crippen LogP contribution >= 0.6 is 0 Å². The number of unbranched alkanes of at least 4 members (excludes halogenated alkanes) is 5. The van der Waals surface area contributed by atoms with Crippen LogP contribution in [0.3, 0.4) is 0 Å². The van der Waals surface area contributed by atoms with Crippen LogP contribution in [-0.4, -0.2) is 13.2 Å². The lowest BCUT2D eigenvalue weighted by Crippen LogP contribution is -2.22. The second kappa shape index (κ2) is 12.6. The van der Waals surface area contributed by atoms with Crippen LogP contribution in [0.1, 0.15) is 75.1 Å². The first-order chi connectivity index (χ1) is 13.2. The van der Waals surface area contributed by atoms with Gasteiger partial charge in [0.05, 0.1) is 6.61 Å². The van der Waals surface area contributed by atoms with Gasteiger partial charge in [0.15, 0.2) is 0 Å². The standard InChI is InChI=1S/C25H37NO/c1-4-5-6-7-8-13-20-27-25-17-12-11-16-24(25)22(3)26-19-18-23-15-10-9-14-21(23)2/h9-12,14-17,22,26H,4-8,13,18-20H2,1-3H3. The fourth-order valence-corrected chi connectivity index (χ4v) is 3.46. The van der Waals surface area contributed by atoms with Gasteiger partial charge in [0.2, 0.25) is 0 Å². The molecule has 0 saturated heterocycles. The zero-order chi connectivity index (χ0) is 19.3. The van der Waals surface area contributed by atoms with Crippen molar-refractivity contribution in [3.63, 3.8) is 0 Å². The molecular weight excluding hydrogens is 330 g/mol. The van der Waals surface area contributed by atoms with E-state index in [2.05, 4.69) is 74.6 Å². The van der Waals surface area contributed by atoms with Crippen molar-refractivity contribution in [1.82, 2.24) is 5.32 Å². The minimum Gasteiger partial charge on any atom is -0.493 e. The summed E-state index contributed by atoms with van der Waals surface area (Å²) in [6.45, 7) is 8.46. The normalized spacial score (nSPS) is 12.1. The topological polar surface area (TPSA) is 21.3 Å². The molecule has 2 heteroatoms. The quantitative estimate of drug-likeness (QED) is 0.401. The summed E-state index contributed by atoms with van der Waals surface area (Å²) in [7, 11) is 0. The molecule has 0 bridgehead atoms. The summed E-state index contributed by atoms with van der Waals surface area (Å²) in [5.74, 6) is 1.03. The number of benzene rings is 2. The molecule has 2 aromatic rings. The minimum absolute atomic E-state index is 0.287. The molecule has 1 N–H and O–H groups in total. The third-order valence-corrected chi connectivity index (χ3v) is 5.25. The number of hydrogen-bond donors (Lipinski definition) is 1. The maximum absolute atomic E-state index is 6.11. The van der Waals surface area contributed by atoms with Crippen molar-refractivity contribution in [2.24, 2.45) is 0 Å². The number of para-hydroxylation sites is 1. The fourth-order valence-electron chi connectivity index (χ4n) is 3.46. The van der Waals surface area contributed by atoms with E-state index in [0.29, 0.717) is 0 Å². The molecule has 1 unspecified atom stereocenters. The van der Waals surface area contributed by atoms with Crippen LogP contribution in [-0.2, 0) is 6.42 Å². The summed E-state index contributed by atoms with van der Waals surface area (Å²) in [6, 6.07) is 17.4. The second-order valence-corrected chi connectivity index (χ2v) is 7.51. The number of ether oxygens (including phenoxy) is 1. The van der Waals surface area contributed by atoms with Crippen molar-refractivity contribution in [1.29, 1.82) is 0 Å². The molecule has 0 amide bonds. The van der Waals surface area contributed by atoms with Gasteiger partial charge >= 0.3 is 0 Å². The largest absolute Gasteiger partial charge is 0.493 e. The van der Waals surface area contributed by atoms with Gasteiger partial charge in [-0.2, -0.15) is 0 Å². The van der Waals surface area contributed by atoms with E-state index in [9.17, 15) is 0 Å². The SMILES string of the molecule is CCCCCCCCOc1ccccc1C(C)NCCc1ccccc1C. The maximum atomic E-state index is 6.11. The Bertz CT molecular complexity index is 652. The Morgan fingerprint density at radius 1 is 0.889 bits per heavy atom. The molecular formula is C25H37NO. The molecule has 0 aliphatic heterocycles. The third-order valence-electron chi connectivity index (χ3n) is 5.25. The Hall–Kier alpha value is -1.80. The Labute approximate surface area is 166 Å². The van der Waals surface area contributed by atoms with Crippen LogP contribution in [0.5, 0.6) is 5.75 Å². The number of nitrogens with one attached hydrogen (secondary N) is 1. The summed E-state index contributed by atoms with van der Waals surface area (Å²) in [5, 5.41) is 3.66. The molecule has 0 fully saturated rings. The molecule has 2 rings (SSSR count). The smallest absolute Gasteiger partial charge is 0.124 e. The lowest BCUT2D eigenvalue weighted by molar-refractivity contribution is 0.298. The van der Waals surface area contributed by atoms with Crippen LogP contribution in [0.4, 0.5) is 0 Å². The van der Waals surface area contributed by atoms with Gasteiger partial charge in [-0.1, -0.05) is 81.5 Å². The Kier molecular flexibility index (Phi) is 10.0. The van der Waals surface area contributed by atoms with E-state index in [1.807, 2.05) is 0 Å². The first-order valence-electron chi connectivity index (χ1n) is 10.7. The molecule has 1 atom stereocenters. The molecule has 27 heavy (non-hydrogen) atoms. The average molecular weight is 368 g/mol. The van der Waals surface area contributed by atoms with Gasteiger partial charge in [-0.3, -0.25) is 0 Å². The Morgan fingerprint density at radius 2 is 1.59 bits per heavy atom. The van der Waals surface area contributed by atoms with Crippen LogP contribution in [0.25, 0.3) is 0 Å². The average Bonchev–Trinajstić information content (AvgIpc) is 2.69. The van der Waals surface area contributed by atoms with Gasteiger partial charge in [0.25, 0.3) is 0 Å². The number of hydrogen-bond acceptors (Lipinski definition) is 2. The predicted molar refractivity (Wildman–Crippen MR) is 117 cm³/mol. The summed E-state index contributed by atoms with van der Waals surface area (Å²) in [5.41, 5.74) is 4.05. The highest BCUT2D eigenvalue weighted by Gasteiger charge is 2.11. The van der Waals surface area contributed by atoms with E-state index < -0.39 is 0 Å². The van der Waals surface area contributed by atoms with Crippen LogP contribution in [0.2, 0.25) is 0 Å². The molecule has 0 saturated carbocycles. The molecule has 0 aliphatic carbocycles. The van der Waals surface area contributed by atoms with Gasteiger partial charge in [-0.15, -0.1) is 0 Å². The molecule has 0 aliphatic rings. The van der Waals surface area contributed by atoms with Gasteiger partial charge in [0, 0.05) is 11.6 Å². The van der Waals surface area contributed by atoms with Crippen molar-refractivity contribution in [3.8, 4) is 5.75 Å². The molecule has 2 aromatic carbocycles. The van der Waals surface area contributed by atoms with Crippen LogP contribution in [0.15, 0.2) is 48.5 Å². The lowest BCUT2D eigenvalue weighted by Gasteiger charge is -2.19. The second-order valence-electron chi connectivity index (χ2n) is 7.51. The van der Waals surface area contributed by atoms with Gasteiger partial charge in [-0.25, -0.2) is 0 Å². The van der Waals surface area contributed by atoms with E-state index in [4.69, 9.17) is 4.74 Å². The highest BCUT2D eigenvalue weighted by molar-refractivity contribution is 5.35. The summed E-state index contributed by atoms with van der Waals surface area (Å²) >= 11 is 0. The molecule has 0 aromatic heterocycles. The van der Waals surface area contributed by atoms with E-state index in [1.54, 1.807) is 0 Å². The van der Waals surface area contributed by atoms with Gasteiger partial charge in [0.1, 0.15) is 5.75 Å². The van der Waals surface area contributed by atoms with Crippen molar-refractivity contribution < 1.29 is 4.74 Å². The zero-order valence-electron chi connectivity index (χ0n) is 17.5. The number of aryl methyl sites for hydroxylation is 1. The van der Waals surface area contributed by atoms with Gasteiger partial charge < -0.3 is 10.1 Å². The highest BCUT2D eigenvalue weighted by Crippen LogP contribution is 2.25. The third kappa shape index (κ3) is 7.76. The molecule has 0 spiro atoms. The van der Waals surface area contributed by atoms with Crippen molar-refractivity contribution in [3.05, 3.63) is 65.2 Å².